The van der Waals surface area contributed by atoms with E-state index >= 15 is 0 Å². The molecule has 0 aliphatic heterocycles. The maximum absolute atomic E-state index is 13.9. The van der Waals surface area contributed by atoms with Crippen molar-refractivity contribution in [3.8, 4) is 0 Å². The lowest BCUT2D eigenvalue weighted by Crippen LogP contribution is -2.51. The van der Waals surface area contributed by atoms with Crippen molar-refractivity contribution in [2.75, 3.05) is 23.7 Å². The van der Waals surface area contributed by atoms with Gasteiger partial charge in [-0.15, -0.1) is 0 Å². The van der Waals surface area contributed by atoms with Crippen LogP contribution >= 0.6 is 11.6 Å². The Balaban J connectivity index is 1.87. The highest BCUT2D eigenvalue weighted by atomic mass is 35.5. The number of halogens is 1. The average molecular weight is 612 g/mol. The Kier molecular flexibility index (Phi) is 12.4. The first-order valence-electron chi connectivity index (χ1n) is 14.4. The number of nitrogens with zero attached hydrogens (tertiary/aromatic N) is 2. The summed E-state index contributed by atoms with van der Waals surface area (Å²) in [6, 6.07) is 23.5. The molecule has 0 heterocycles. The zero-order chi connectivity index (χ0) is 30.7. The summed E-state index contributed by atoms with van der Waals surface area (Å²) >= 11 is 6.26. The highest BCUT2D eigenvalue weighted by Gasteiger charge is 2.30. The van der Waals surface area contributed by atoms with Gasteiger partial charge in [0.05, 0.1) is 11.9 Å². The molecule has 0 fully saturated rings. The number of rotatable bonds is 15. The largest absolute Gasteiger partial charge is 0.354 e. The first-order valence-corrected chi connectivity index (χ1v) is 16.6. The lowest BCUT2D eigenvalue weighted by molar-refractivity contribution is -0.141. The molecule has 3 aromatic rings. The number of carbonyl (C=O) groups is 2. The van der Waals surface area contributed by atoms with Gasteiger partial charge < -0.3 is 10.2 Å². The highest BCUT2D eigenvalue weighted by Crippen LogP contribution is 2.22. The third-order valence-electron chi connectivity index (χ3n) is 6.98. The summed E-state index contributed by atoms with van der Waals surface area (Å²) in [4.78, 5) is 29.1. The van der Waals surface area contributed by atoms with Gasteiger partial charge in [-0.05, 0) is 59.7 Å². The van der Waals surface area contributed by atoms with Crippen LogP contribution in [0.15, 0.2) is 78.9 Å². The topological polar surface area (TPSA) is 86.8 Å². The first kappa shape index (κ1) is 33.1. The molecule has 0 aromatic heterocycles. The Morgan fingerprint density at radius 2 is 1.57 bits per heavy atom. The summed E-state index contributed by atoms with van der Waals surface area (Å²) in [6.45, 7) is 6.90. The number of sulfonamides is 1. The van der Waals surface area contributed by atoms with Crippen molar-refractivity contribution >= 4 is 39.1 Å². The minimum absolute atomic E-state index is 0.0718. The Hall–Kier alpha value is -3.36. The van der Waals surface area contributed by atoms with Gasteiger partial charge in [-0.1, -0.05) is 87.0 Å². The second-order valence-electron chi connectivity index (χ2n) is 11.0. The standard InChI is InChI=1S/C33H42ClN3O4S/c1-5-26-16-18-30(19-17-26)37(42(4,40)41)20-10-15-32(38)36(24-28-13-9-14-29(34)21-28)31(33(39)35-23-25(2)3)22-27-11-7-6-8-12-27/h6-9,11-14,16-19,21,25,31H,5,10,15,20,22-24H2,1-4H3,(H,35,39)/t31-/m0/s1. The number of hydrogen-bond acceptors (Lipinski definition) is 4. The van der Waals surface area contributed by atoms with Crippen LogP contribution in [0.5, 0.6) is 0 Å². The zero-order valence-corrected chi connectivity index (χ0v) is 26.5. The first-order chi connectivity index (χ1) is 20.0. The van der Waals surface area contributed by atoms with Crippen LogP contribution in [-0.2, 0) is 39.0 Å². The molecule has 0 radical (unpaired) electrons. The quantitative estimate of drug-likeness (QED) is 0.233. The van der Waals surface area contributed by atoms with Crippen LogP contribution in [0.25, 0.3) is 0 Å². The zero-order valence-electron chi connectivity index (χ0n) is 24.9. The molecule has 3 rings (SSSR count). The van der Waals surface area contributed by atoms with Gasteiger partial charge in [-0.25, -0.2) is 8.42 Å². The summed E-state index contributed by atoms with van der Waals surface area (Å²) < 4.78 is 26.7. The molecular formula is C33H42ClN3O4S. The molecule has 1 atom stereocenters. The van der Waals surface area contributed by atoms with Gasteiger partial charge in [0.1, 0.15) is 6.04 Å². The summed E-state index contributed by atoms with van der Waals surface area (Å²) in [5.74, 6) is -0.209. The Bertz CT molecular complexity index is 1410. The molecule has 0 aliphatic rings. The van der Waals surface area contributed by atoms with Crippen LogP contribution in [-0.4, -0.2) is 50.5 Å². The smallest absolute Gasteiger partial charge is 0.243 e. The van der Waals surface area contributed by atoms with Crippen LogP contribution in [0.3, 0.4) is 0 Å². The van der Waals surface area contributed by atoms with E-state index in [2.05, 4.69) is 5.32 Å². The van der Waals surface area contributed by atoms with E-state index in [9.17, 15) is 18.0 Å². The molecule has 0 unspecified atom stereocenters. The average Bonchev–Trinajstić information content (AvgIpc) is 2.95. The predicted octanol–water partition coefficient (Wildman–Crippen LogP) is 5.86. The van der Waals surface area contributed by atoms with Crippen molar-refractivity contribution in [3.05, 3.63) is 101 Å². The third-order valence-corrected chi connectivity index (χ3v) is 8.41. The van der Waals surface area contributed by atoms with Crippen LogP contribution in [0.2, 0.25) is 5.02 Å². The van der Waals surface area contributed by atoms with E-state index < -0.39 is 16.1 Å². The van der Waals surface area contributed by atoms with Crippen LogP contribution < -0.4 is 9.62 Å². The van der Waals surface area contributed by atoms with E-state index in [1.165, 1.54) is 10.6 Å². The van der Waals surface area contributed by atoms with E-state index in [1.54, 1.807) is 29.2 Å². The van der Waals surface area contributed by atoms with Gasteiger partial charge in [0, 0.05) is 37.5 Å². The minimum Gasteiger partial charge on any atom is -0.354 e. The monoisotopic (exact) mass is 611 g/mol. The number of carbonyl (C=O) groups excluding carboxylic acids is 2. The molecule has 9 heteroatoms. The fourth-order valence-corrected chi connectivity index (χ4v) is 5.89. The summed E-state index contributed by atoms with van der Waals surface area (Å²) in [6.07, 6.45) is 2.73. The maximum Gasteiger partial charge on any atom is 0.243 e. The summed E-state index contributed by atoms with van der Waals surface area (Å²) in [5.41, 5.74) is 3.41. The van der Waals surface area contributed by atoms with E-state index in [-0.39, 0.29) is 37.2 Å². The van der Waals surface area contributed by atoms with Gasteiger partial charge in [0.15, 0.2) is 0 Å². The lowest BCUT2D eigenvalue weighted by atomic mass is 10.0. The second kappa shape index (κ2) is 15.8. The highest BCUT2D eigenvalue weighted by molar-refractivity contribution is 7.92. The molecule has 0 aliphatic carbocycles. The minimum atomic E-state index is -3.57. The van der Waals surface area contributed by atoms with Crippen molar-refractivity contribution in [2.24, 2.45) is 5.92 Å². The van der Waals surface area contributed by atoms with Crippen LogP contribution in [0.1, 0.15) is 50.3 Å². The maximum atomic E-state index is 13.9. The molecule has 226 valence electrons. The predicted molar refractivity (Wildman–Crippen MR) is 171 cm³/mol. The molecule has 1 N–H and O–H groups in total. The molecule has 0 spiro atoms. The summed E-state index contributed by atoms with van der Waals surface area (Å²) in [7, 11) is -3.57. The van der Waals surface area contributed by atoms with Crippen molar-refractivity contribution in [2.45, 2.75) is 59.0 Å². The van der Waals surface area contributed by atoms with Crippen LogP contribution in [0.4, 0.5) is 5.69 Å². The van der Waals surface area contributed by atoms with Crippen LogP contribution in [0, 0.1) is 5.92 Å². The number of aryl methyl sites for hydroxylation is 1. The van der Waals surface area contributed by atoms with Gasteiger partial charge in [0.25, 0.3) is 0 Å². The van der Waals surface area contributed by atoms with Crippen molar-refractivity contribution in [1.82, 2.24) is 10.2 Å². The van der Waals surface area contributed by atoms with E-state index in [0.717, 1.165) is 23.1 Å². The SMILES string of the molecule is CCc1ccc(N(CCCC(=O)N(Cc2cccc(Cl)c2)[C@@H](Cc2ccccc2)C(=O)NCC(C)C)S(C)(=O)=O)cc1. The number of benzene rings is 3. The van der Waals surface area contributed by atoms with Gasteiger partial charge in [-0.2, -0.15) is 0 Å². The molecule has 0 saturated heterocycles. The Morgan fingerprint density at radius 1 is 0.905 bits per heavy atom. The van der Waals surface area contributed by atoms with E-state index in [4.69, 9.17) is 11.6 Å². The van der Waals surface area contributed by atoms with Gasteiger partial charge in [0.2, 0.25) is 21.8 Å². The molecule has 3 aromatic carbocycles. The van der Waals surface area contributed by atoms with E-state index in [1.807, 2.05) is 75.4 Å². The molecule has 42 heavy (non-hydrogen) atoms. The van der Waals surface area contributed by atoms with Crippen molar-refractivity contribution in [1.29, 1.82) is 0 Å². The number of hydrogen-bond donors (Lipinski definition) is 1. The Labute approximate surface area is 255 Å². The van der Waals surface area contributed by atoms with Gasteiger partial charge >= 0.3 is 0 Å². The van der Waals surface area contributed by atoms with E-state index in [0.29, 0.717) is 30.1 Å². The fraction of sp³-hybridized carbons (Fsp3) is 0.394. The van der Waals surface area contributed by atoms with Gasteiger partial charge in [-0.3, -0.25) is 13.9 Å². The second-order valence-corrected chi connectivity index (χ2v) is 13.3. The number of amides is 2. The molecule has 0 bridgehead atoms. The van der Waals surface area contributed by atoms with Crippen molar-refractivity contribution in [3.63, 3.8) is 0 Å². The number of nitrogens with one attached hydrogen (secondary N) is 1. The number of anilines is 1. The third kappa shape index (κ3) is 10.2. The lowest BCUT2D eigenvalue weighted by Gasteiger charge is -2.32. The van der Waals surface area contributed by atoms with Crippen molar-refractivity contribution < 1.29 is 18.0 Å². The summed E-state index contributed by atoms with van der Waals surface area (Å²) in [5, 5.41) is 3.56. The molecular weight excluding hydrogens is 570 g/mol. The molecule has 7 nitrogen and oxygen atoms in total. The molecule has 2 amide bonds. The normalized spacial score (nSPS) is 12.1. The fourth-order valence-electron chi connectivity index (χ4n) is 4.71. The Morgan fingerprint density at radius 3 is 2.17 bits per heavy atom. The molecule has 0 saturated carbocycles.